The molecule has 0 bridgehead atoms. The maximum absolute atomic E-state index is 8.68. The third-order valence-corrected chi connectivity index (χ3v) is 0.669. The summed E-state index contributed by atoms with van der Waals surface area (Å²) >= 11 is 0. The average Bonchev–Trinajstić information content (AvgIpc) is 1.83. The molecular formula is C7H10O. The van der Waals surface area contributed by atoms with Crippen LogP contribution in [0.4, 0.5) is 0 Å². The zero-order valence-corrected chi connectivity index (χ0v) is 4.96. The van der Waals surface area contributed by atoms with E-state index < -0.39 is 0 Å². The van der Waals surface area contributed by atoms with Crippen molar-refractivity contribution in [1.29, 1.82) is 0 Å². The molecule has 0 amide bonds. The Bertz CT molecular complexity index is 120. The number of hydrogen-bond donors (Lipinski definition) is 1. The first-order valence-electron chi connectivity index (χ1n) is 2.45. The van der Waals surface area contributed by atoms with Gasteiger partial charge in [-0.1, -0.05) is 18.7 Å². The van der Waals surface area contributed by atoms with E-state index in [1.165, 1.54) is 6.08 Å². The Morgan fingerprint density at radius 3 is 2.62 bits per heavy atom. The van der Waals surface area contributed by atoms with E-state index in [9.17, 15) is 0 Å². The number of allylic oxidation sites excluding steroid dienone is 4. The molecule has 8 heavy (non-hydrogen) atoms. The van der Waals surface area contributed by atoms with E-state index >= 15 is 0 Å². The van der Waals surface area contributed by atoms with E-state index in [1.54, 1.807) is 12.2 Å². The average molecular weight is 110 g/mol. The third kappa shape index (κ3) is 3.22. The first-order valence-corrected chi connectivity index (χ1v) is 2.45. The highest BCUT2D eigenvalue weighted by molar-refractivity contribution is 5.14. The van der Waals surface area contributed by atoms with Gasteiger partial charge in [0.05, 0.1) is 0 Å². The fraction of sp³-hybridized carbons (Fsp3) is 0.143. The predicted molar refractivity (Wildman–Crippen MR) is 35.7 cm³/mol. The molecule has 0 saturated carbocycles. The molecule has 0 unspecified atom stereocenters. The first kappa shape index (κ1) is 7.02. The van der Waals surface area contributed by atoms with Crippen LogP contribution in [0.1, 0.15) is 6.92 Å². The molecule has 44 valence electrons. The van der Waals surface area contributed by atoms with Gasteiger partial charge in [-0.3, -0.25) is 0 Å². The quantitative estimate of drug-likeness (QED) is 0.426. The molecule has 0 aliphatic rings. The molecule has 1 heteroatoms. The monoisotopic (exact) mass is 110 g/mol. The molecule has 0 aliphatic carbocycles. The van der Waals surface area contributed by atoms with Crippen molar-refractivity contribution in [2.24, 2.45) is 0 Å². The van der Waals surface area contributed by atoms with E-state index in [1.807, 2.05) is 13.0 Å². The van der Waals surface area contributed by atoms with E-state index in [0.717, 1.165) is 0 Å². The maximum Gasteiger partial charge on any atom is 0.114 e. The lowest BCUT2D eigenvalue weighted by atomic mass is 10.4. The van der Waals surface area contributed by atoms with Gasteiger partial charge in [-0.05, 0) is 19.1 Å². The Labute approximate surface area is 49.7 Å². The lowest BCUT2D eigenvalue weighted by Gasteiger charge is -1.81. The van der Waals surface area contributed by atoms with E-state index in [-0.39, 0.29) is 5.76 Å². The van der Waals surface area contributed by atoms with Crippen LogP contribution in [-0.4, -0.2) is 5.11 Å². The highest BCUT2D eigenvalue weighted by Gasteiger charge is 1.73. The molecule has 0 aliphatic heterocycles. The summed E-state index contributed by atoms with van der Waals surface area (Å²) in [6, 6.07) is 0. The van der Waals surface area contributed by atoms with Crippen LogP contribution in [0.5, 0.6) is 0 Å². The molecule has 0 atom stereocenters. The van der Waals surface area contributed by atoms with Crippen molar-refractivity contribution in [3.8, 4) is 0 Å². The summed E-state index contributed by atoms with van der Waals surface area (Å²) in [4.78, 5) is 0. The molecule has 0 saturated heterocycles. The molecule has 0 aromatic rings. The molecule has 0 heterocycles. The van der Waals surface area contributed by atoms with Crippen molar-refractivity contribution in [3.63, 3.8) is 0 Å². The van der Waals surface area contributed by atoms with E-state index in [0.29, 0.717) is 0 Å². The lowest BCUT2D eigenvalue weighted by Crippen LogP contribution is -1.66. The van der Waals surface area contributed by atoms with Crippen LogP contribution < -0.4 is 0 Å². The van der Waals surface area contributed by atoms with Gasteiger partial charge in [0.25, 0.3) is 0 Å². The van der Waals surface area contributed by atoms with Crippen LogP contribution in [-0.2, 0) is 0 Å². The summed E-state index contributed by atoms with van der Waals surface area (Å²) in [7, 11) is 0. The minimum Gasteiger partial charge on any atom is -0.508 e. The topological polar surface area (TPSA) is 20.2 Å². The SMILES string of the molecule is C=C/C(O)=C\C=C/C. The Balaban J connectivity index is 3.74. The summed E-state index contributed by atoms with van der Waals surface area (Å²) < 4.78 is 0. The molecule has 0 fully saturated rings. The van der Waals surface area contributed by atoms with Crippen molar-refractivity contribution >= 4 is 0 Å². The third-order valence-electron chi connectivity index (χ3n) is 0.669. The van der Waals surface area contributed by atoms with Crippen LogP contribution in [0.3, 0.4) is 0 Å². The number of aliphatic hydroxyl groups is 1. The highest BCUT2D eigenvalue weighted by atomic mass is 16.3. The van der Waals surface area contributed by atoms with Crippen molar-refractivity contribution in [2.45, 2.75) is 6.92 Å². The molecule has 0 radical (unpaired) electrons. The molecule has 1 N–H and O–H groups in total. The minimum atomic E-state index is 0.197. The summed E-state index contributed by atoms with van der Waals surface area (Å²) in [5.74, 6) is 0.197. The first-order chi connectivity index (χ1) is 3.81. The second kappa shape index (κ2) is 4.19. The zero-order valence-electron chi connectivity index (χ0n) is 4.96. The Morgan fingerprint density at radius 2 is 2.25 bits per heavy atom. The van der Waals surface area contributed by atoms with Crippen LogP contribution in [0.25, 0.3) is 0 Å². The minimum absolute atomic E-state index is 0.197. The van der Waals surface area contributed by atoms with Gasteiger partial charge in [0.15, 0.2) is 0 Å². The summed E-state index contributed by atoms with van der Waals surface area (Å²) in [5, 5.41) is 8.68. The van der Waals surface area contributed by atoms with Gasteiger partial charge in [-0.25, -0.2) is 0 Å². The van der Waals surface area contributed by atoms with E-state index in [2.05, 4.69) is 6.58 Å². The van der Waals surface area contributed by atoms with Crippen molar-refractivity contribution in [3.05, 3.63) is 36.6 Å². The maximum atomic E-state index is 8.68. The van der Waals surface area contributed by atoms with E-state index in [4.69, 9.17) is 5.11 Å². The molecule has 1 nitrogen and oxygen atoms in total. The van der Waals surface area contributed by atoms with Gasteiger partial charge in [0.1, 0.15) is 5.76 Å². The van der Waals surface area contributed by atoms with Crippen molar-refractivity contribution < 1.29 is 5.11 Å². The van der Waals surface area contributed by atoms with Gasteiger partial charge in [-0.2, -0.15) is 0 Å². The largest absolute Gasteiger partial charge is 0.508 e. The van der Waals surface area contributed by atoms with Gasteiger partial charge in [-0.15, -0.1) is 0 Å². The number of aliphatic hydroxyl groups excluding tert-OH is 1. The Morgan fingerprint density at radius 1 is 1.62 bits per heavy atom. The molecule has 0 aromatic heterocycles. The Hall–Kier alpha value is -0.980. The van der Waals surface area contributed by atoms with Gasteiger partial charge in [0.2, 0.25) is 0 Å². The van der Waals surface area contributed by atoms with Crippen molar-refractivity contribution in [2.75, 3.05) is 0 Å². The summed E-state index contributed by atoms with van der Waals surface area (Å²) in [6.07, 6.45) is 6.55. The number of rotatable bonds is 2. The second-order valence-electron chi connectivity index (χ2n) is 1.32. The van der Waals surface area contributed by atoms with Crippen LogP contribution >= 0.6 is 0 Å². The van der Waals surface area contributed by atoms with Gasteiger partial charge < -0.3 is 5.11 Å². The molecular weight excluding hydrogens is 100 g/mol. The standard InChI is InChI=1S/C7H10O/c1-3-5-6-7(8)4-2/h3-6,8H,2H2,1H3/b5-3-,7-6+. The fourth-order valence-electron chi connectivity index (χ4n) is 0.263. The molecule has 0 rings (SSSR count). The van der Waals surface area contributed by atoms with Gasteiger partial charge in [0, 0.05) is 0 Å². The normalized spacial score (nSPS) is 12.4. The van der Waals surface area contributed by atoms with Gasteiger partial charge >= 0.3 is 0 Å². The number of hydrogen-bond acceptors (Lipinski definition) is 1. The Kier molecular flexibility index (Phi) is 3.67. The lowest BCUT2D eigenvalue weighted by molar-refractivity contribution is 0.433. The smallest absolute Gasteiger partial charge is 0.114 e. The molecule has 0 spiro atoms. The predicted octanol–water partition coefficient (Wildman–Crippen LogP) is 2.19. The zero-order chi connectivity index (χ0) is 6.41. The second-order valence-corrected chi connectivity index (χ2v) is 1.32. The van der Waals surface area contributed by atoms with Crippen LogP contribution in [0.2, 0.25) is 0 Å². The summed E-state index contributed by atoms with van der Waals surface area (Å²) in [5.41, 5.74) is 0. The molecule has 0 aromatic carbocycles. The van der Waals surface area contributed by atoms with Crippen LogP contribution in [0, 0.1) is 0 Å². The highest BCUT2D eigenvalue weighted by Crippen LogP contribution is 1.87. The van der Waals surface area contributed by atoms with Crippen molar-refractivity contribution in [1.82, 2.24) is 0 Å². The fourth-order valence-corrected chi connectivity index (χ4v) is 0.263. The summed E-state index contributed by atoms with van der Waals surface area (Å²) in [6.45, 7) is 5.24. The van der Waals surface area contributed by atoms with Crippen LogP contribution in [0.15, 0.2) is 36.6 Å².